The van der Waals surface area contributed by atoms with Gasteiger partial charge in [0.25, 0.3) is 0 Å². The Morgan fingerprint density at radius 2 is 1.90 bits per heavy atom. The van der Waals surface area contributed by atoms with Crippen molar-refractivity contribution in [2.75, 3.05) is 20.1 Å². The summed E-state index contributed by atoms with van der Waals surface area (Å²) in [6.45, 7) is 2.25. The van der Waals surface area contributed by atoms with Gasteiger partial charge in [-0.25, -0.2) is 0 Å². The van der Waals surface area contributed by atoms with E-state index in [-0.39, 0.29) is 0 Å². The molecule has 10 heavy (non-hydrogen) atoms. The summed E-state index contributed by atoms with van der Waals surface area (Å²) in [4.78, 5) is 2.27. The minimum atomic E-state index is 0.611. The van der Waals surface area contributed by atoms with Crippen molar-refractivity contribution in [2.24, 2.45) is 0 Å². The topological polar surface area (TPSA) is 34.0 Å². The van der Waals surface area contributed by atoms with Crippen molar-refractivity contribution in [3.63, 3.8) is 0 Å². The molecule has 0 aromatic carbocycles. The van der Waals surface area contributed by atoms with Crippen LogP contribution in [0.1, 0.15) is 6.04 Å². The molecule has 1 saturated heterocycles. The zero-order valence-electron chi connectivity index (χ0n) is 5.94. The molecule has 1 aliphatic heterocycles. The third kappa shape index (κ3) is 0.806. The Kier molecular flexibility index (Phi) is 1.20. The van der Waals surface area contributed by atoms with Gasteiger partial charge in [-0.05, 0) is 7.05 Å². The molecule has 54 valence electrons. The molecule has 0 radical (unpaired) electrons. The summed E-state index contributed by atoms with van der Waals surface area (Å²) in [5.74, 6) is 0. The van der Waals surface area contributed by atoms with Gasteiger partial charge in [-0.1, -0.05) is 0 Å². The van der Waals surface area contributed by atoms with Crippen molar-refractivity contribution in [3.8, 4) is 0 Å². The first-order valence-electron chi connectivity index (χ1n) is 3.39. The Bertz CT molecular complexity index is 200. The minimum absolute atomic E-state index is 0.611. The van der Waals surface area contributed by atoms with E-state index in [1.165, 1.54) is 0 Å². The fourth-order valence-corrected chi connectivity index (χ4v) is 1.25. The second-order valence-corrected chi connectivity index (χ2v) is 2.78. The average Bonchev–Trinajstić information content (AvgIpc) is 2.31. The van der Waals surface area contributed by atoms with Crippen LogP contribution in [0.5, 0.6) is 0 Å². The predicted octanol–water partition coefficient (Wildman–Crippen LogP) is -0.235. The molecule has 0 atom stereocenters. The molecular weight excluding hydrogens is 128 g/mol. The van der Waals surface area contributed by atoms with Crippen LogP contribution in [-0.2, 0) is 0 Å². The number of hydrogen-bond donors (Lipinski definition) is 0. The van der Waals surface area contributed by atoms with Gasteiger partial charge >= 0.3 is 0 Å². The molecule has 0 spiro atoms. The van der Waals surface area contributed by atoms with E-state index < -0.39 is 0 Å². The van der Waals surface area contributed by atoms with Crippen LogP contribution < -0.4 is 0 Å². The molecule has 1 aromatic rings. The molecule has 0 saturated carbocycles. The van der Waals surface area contributed by atoms with Crippen molar-refractivity contribution < 1.29 is 0 Å². The normalized spacial score (nSPS) is 20.9. The van der Waals surface area contributed by atoms with Gasteiger partial charge < -0.3 is 9.47 Å². The van der Waals surface area contributed by atoms with Crippen molar-refractivity contribution in [2.45, 2.75) is 6.04 Å². The van der Waals surface area contributed by atoms with E-state index in [2.05, 4.69) is 26.7 Å². The smallest absolute Gasteiger partial charge is 0.119 e. The highest BCUT2D eigenvalue weighted by molar-refractivity contribution is 4.84. The Morgan fingerprint density at radius 3 is 2.40 bits per heavy atom. The van der Waals surface area contributed by atoms with Gasteiger partial charge in [-0.2, -0.15) is 0 Å². The molecule has 2 rings (SSSR count). The van der Waals surface area contributed by atoms with E-state index in [4.69, 9.17) is 0 Å². The van der Waals surface area contributed by atoms with Gasteiger partial charge in [0.15, 0.2) is 0 Å². The SMILES string of the molecule is CN1CC(n2cnnc2)C1. The van der Waals surface area contributed by atoms with Crippen molar-refractivity contribution >= 4 is 0 Å². The molecule has 0 N–H and O–H groups in total. The summed E-state index contributed by atoms with van der Waals surface area (Å²) in [6, 6.07) is 0.611. The highest BCUT2D eigenvalue weighted by Crippen LogP contribution is 2.17. The largest absolute Gasteiger partial charge is 0.314 e. The van der Waals surface area contributed by atoms with Gasteiger partial charge in [-0.15, -0.1) is 10.2 Å². The first-order valence-corrected chi connectivity index (χ1v) is 3.39. The van der Waals surface area contributed by atoms with Crippen LogP contribution >= 0.6 is 0 Å². The van der Waals surface area contributed by atoms with Gasteiger partial charge in [0.2, 0.25) is 0 Å². The number of aromatic nitrogens is 3. The number of nitrogens with zero attached hydrogens (tertiary/aromatic N) is 4. The lowest BCUT2D eigenvalue weighted by molar-refractivity contribution is 0.140. The molecule has 0 bridgehead atoms. The van der Waals surface area contributed by atoms with Gasteiger partial charge in [-0.3, -0.25) is 0 Å². The van der Waals surface area contributed by atoms with E-state index >= 15 is 0 Å². The van der Waals surface area contributed by atoms with E-state index in [9.17, 15) is 0 Å². The van der Waals surface area contributed by atoms with E-state index in [1.54, 1.807) is 12.7 Å². The van der Waals surface area contributed by atoms with Crippen LogP contribution in [0.25, 0.3) is 0 Å². The highest BCUT2D eigenvalue weighted by atomic mass is 15.3. The molecule has 0 amide bonds. The molecule has 4 heteroatoms. The maximum absolute atomic E-state index is 3.74. The zero-order valence-corrected chi connectivity index (χ0v) is 5.94. The van der Waals surface area contributed by atoms with E-state index in [1.807, 2.05) is 0 Å². The molecule has 1 aromatic heterocycles. The first kappa shape index (κ1) is 5.85. The summed E-state index contributed by atoms with van der Waals surface area (Å²) in [7, 11) is 2.11. The zero-order chi connectivity index (χ0) is 6.97. The fraction of sp³-hybridized carbons (Fsp3) is 0.667. The molecule has 0 unspecified atom stereocenters. The second-order valence-electron chi connectivity index (χ2n) is 2.78. The standard InChI is InChI=1S/C6H10N4/c1-9-2-6(3-9)10-4-7-8-5-10/h4-6H,2-3H2,1H3. The highest BCUT2D eigenvalue weighted by Gasteiger charge is 2.23. The Labute approximate surface area is 59.5 Å². The van der Waals surface area contributed by atoms with Gasteiger partial charge in [0.05, 0.1) is 6.04 Å². The van der Waals surface area contributed by atoms with Crippen molar-refractivity contribution in [1.29, 1.82) is 0 Å². The fourth-order valence-electron chi connectivity index (χ4n) is 1.25. The van der Waals surface area contributed by atoms with Crippen molar-refractivity contribution in [1.82, 2.24) is 19.7 Å². The summed E-state index contributed by atoms with van der Waals surface area (Å²) in [5.41, 5.74) is 0. The van der Waals surface area contributed by atoms with E-state index in [0.29, 0.717) is 6.04 Å². The van der Waals surface area contributed by atoms with Crippen LogP contribution in [-0.4, -0.2) is 39.8 Å². The number of rotatable bonds is 1. The van der Waals surface area contributed by atoms with Crippen LogP contribution in [0.15, 0.2) is 12.7 Å². The first-order chi connectivity index (χ1) is 4.86. The van der Waals surface area contributed by atoms with Crippen LogP contribution in [0.3, 0.4) is 0 Å². The van der Waals surface area contributed by atoms with Crippen LogP contribution in [0.2, 0.25) is 0 Å². The Balaban J connectivity index is 2.04. The molecule has 2 heterocycles. The lowest BCUT2D eigenvalue weighted by Crippen LogP contribution is -2.44. The Hall–Kier alpha value is -0.900. The van der Waals surface area contributed by atoms with Crippen LogP contribution in [0.4, 0.5) is 0 Å². The van der Waals surface area contributed by atoms with Gasteiger partial charge in [0, 0.05) is 13.1 Å². The lowest BCUT2D eigenvalue weighted by atomic mass is 10.1. The number of likely N-dealkylation sites (N-methyl/N-ethyl adjacent to an activating group) is 1. The maximum Gasteiger partial charge on any atom is 0.119 e. The van der Waals surface area contributed by atoms with Crippen molar-refractivity contribution in [3.05, 3.63) is 12.7 Å². The van der Waals surface area contributed by atoms with Crippen LogP contribution in [0, 0.1) is 0 Å². The lowest BCUT2D eigenvalue weighted by Gasteiger charge is -2.36. The number of likely N-dealkylation sites (tertiary alicyclic amines) is 1. The molecule has 4 nitrogen and oxygen atoms in total. The molecule has 1 aliphatic rings. The predicted molar refractivity (Wildman–Crippen MR) is 36.6 cm³/mol. The molecule has 0 aliphatic carbocycles. The summed E-state index contributed by atoms with van der Waals surface area (Å²) >= 11 is 0. The quantitative estimate of drug-likeness (QED) is 0.537. The third-order valence-corrected chi connectivity index (χ3v) is 1.90. The van der Waals surface area contributed by atoms with E-state index in [0.717, 1.165) is 13.1 Å². The number of hydrogen-bond acceptors (Lipinski definition) is 3. The minimum Gasteiger partial charge on any atom is -0.314 e. The third-order valence-electron chi connectivity index (χ3n) is 1.90. The molecule has 1 fully saturated rings. The van der Waals surface area contributed by atoms with Gasteiger partial charge in [0.1, 0.15) is 12.7 Å². The summed E-state index contributed by atoms with van der Waals surface area (Å²) < 4.78 is 2.06. The summed E-state index contributed by atoms with van der Waals surface area (Å²) in [6.07, 6.45) is 3.55. The molecular formula is C6H10N4. The monoisotopic (exact) mass is 138 g/mol. The summed E-state index contributed by atoms with van der Waals surface area (Å²) in [5, 5.41) is 7.49. The Morgan fingerprint density at radius 1 is 1.30 bits per heavy atom. The average molecular weight is 138 g/mol. The second kappa shape index (κ2) is 2.05. The maximum atomic E-state index is 3.74.